The molecule has 5 heteroatoms. The Kier molecular flexibility index (Phi) is 3.17. The van der Waals surface area contributed by atoms with Crippen molar-refractivity contribution in [3.05, 3.63) is 65.0 Å². The van der Waals surface area contributed by atoms with Crippen molar-refractivity contribution in [1.82, 2.24) is 0 Å². The van der Waals surface area contributed by atoms with Crippen LogP contribution in [0.4, 0.5) is 10.1 Å². The first kappa shape index (κ1) is 13.3. The van der Waals surface area contributed by atoms with Crippen LogP contribution in [0.25, 0.3) is 0 Å². The average Bonchev–Trinajstić information content (AvgIpc) is 2.90. The molecule has 106 valence electrons. The molecule has 4 nitrogen and oxygen atoms in total. The summed E-state index contributed by atoms with van der Waals surface area (Å²) in [4.78, 5) is 24.9. The minimum atomic E-state index is -1.05. The number of halogens is 1. The number of amides is 1. The first-order chi connectivity index (χ1) is 10.1. The van der Waals surface area contributed by atoms with E-state index in [1.807, 2.05) is 0 Å². The standard InChI is InChI=1S/C16H12FNO3/c17-13-4-2-1-3-12(13)15(19)18-8-7-10-5-6-11(16(20)21)9-14(10)18/h1-6,9H,7-8H2,(H,20,21). The van der Waals surface area contributed by atoms with Gasteiger partial charge in [0.05, 0.1) is 11.1 Å². The molecule has 0 bridgehead atoms. The Bertz CT molecular complexity index is 742. The third-order valence-corrected chi connectivity index (χ3v) is 3.58. The molecule has 0 atom stereocenters. The van der Waals surface area contributed by atoms with Crippen LogP contribution in [-0.4, -0.2) is 23.5 Å². The third kappa shape index (κ3) is 2.27. The Balaban J connectivity index is 2.01. The molecule has 0 saturated carbocycles. The molecule has 1 N–H and O–H groups in total. The second-order valence-corrected chi connectivity index (χ2v) is 4.84. The van der Waals surface area contributed by atoms with Gasteiger partial charge in [-0.1, -0.05) is 18.2 Å². The molecule has 0 saturated heterocycles. The Morgan fingerprint density at radius 3 is 2.62 bits per heavy atom. The zero-order chi connectivity index (χ0) is 15.0. The highest BCUT2D eigenvalue weighted by Gasteiger charge is 2.27. The molecule has 0 aromatic heterocycles. The first-order valence-electron chi connectivity index (χ1n) is 6.50. The van der Waals surface area contributed by atoms with Gasteiger partial charge in [0, 0.05) is 12.2 Å². The van der Waals surface area contributed by atoms with Gasteiger partial charge in [0.25, 0.3) is 5.91 Å². The van der Waals surface area contributed by atoms with E-state index in [9.17, 15) is 14.0 Å². The van der Waals surface area contributed by atoms with Crippen LogP contribution in [0.1, 0.15) is 26.3 Å². The summed E-state index contributed by atoms with van der Waals surface area (Å²) in [6.45, 7) is 0.422. The minimum absolute atomic E-state index is 0.00826. The SMILES string of the molecule is O=C(O)c1ccc2c(c1)N(C(=O)c1ccccc1F)CC2. The van der Waals surface area contributed by atoms with Gasteiger partial charge >= 0.3 is 5.97 Å². The maximum absolute atomic E-state index is 13.7. The highest BCUT2D eigenvalue weighted by atomic mass is 19.1. The molecule has 0 fully saturated rings. The van der Waals surface area contributed by atoms with Gasteiger partial charge < -0.3 is 10.0 Å². The summed E-state index contributed by atoms with van der Waals surface area (Å²) in [6.07, 6.45) is 0.634. The number of carboxylic acids is 1. The molecular formula is C16H12FNO3. The molecule has 1 heterocycles. The van der Waals surface area contributed by atoms with Crippen LogP contribution in [0, 0.1) is 5.82 Å². The second kappa shape index (κ2) is 5.01. The number of nitrogens with zero attached hydrogens (tertiary/aromatic N) is 1. The fourth-order valence-corrected chi connectivity index (χ4v) is 2.50. The molecule has 0 spiro atoms. The lowest BCUT2D eigenvalue weighted by Crippen LogP contribution is -2.29. The van der Waals surface area contributed by atoms with Crippen molar-refractivity contribution in [2.24, 2.45) is 0 Å². The van der Waals surface area contributed by atoms with Gasteiger partial charge in [-0.15, -0.1) is 0 Å². The van der Waals surface area contributed by atoms with E-state index in [-0.39, 0.29) is 11.1 Å². The summed E-state index contributed by atoms with van der Waals surface area (Å²) >= 11 is 0. The van der Waals surface area contributed by atoms with Gasteiger partial charge in [-0.2, -0.15) is 0 Å². The summed E-state index contributed by atoms with van der Waals surface area (Å²) in [7, 11) is 0. The largest absolute Gasteiger partial charge is 0.478 e. The summed E-state index contributed by atoms with van der Waals surface area (Å²) in [6, 6.07) is 10.5. The molecule has 0 radical (unpaired) electrons. The lowest BCUT2D eigenvalue weighted by atomic mass is 10.1. The average molecular weight is 285 g/mol. The van der Waals surface area contributed by atoms with Crippen molar-refractivity contribution in [3.8, 4) is 0 Å². The maximum Gasteiger partial charge on any atom is 0.335 e. The van der Waals surface area contributed by atoms with E-state index >= 15 is 0 Å². The highest BCUT2D eigenvalue weighted by Crippen LogP contribution is 2.30. The van der Waals surface area contributed by atoms with E-state index in [0.717, 1.165) is 5.56 Å². The van der Waals surface area contributed by atoms with E-state index in [0.29, 0.717) is 18.7 Å². The second-order valence-electron chi connectivity index (χ2n) is 4.84. The number of rotatable bonds is 2. The number of hydrogen-bond donors (Lipinski definition) is 1. The topological polar surface area (TPSA) is 57.6 Å². The molecule has 3 rings (SSSR count). The van der Waals surface area contributed by atoms with E-state index in [4.69, 9.17) is 5.11 Å². The Labute approximate surface area is 120 Å². The number of benzene rings is 2. The smallest absolute Gasteiger partial charge is 0.335 e. The Morgan fingerprint density at radius 1 is 1.14 bits per heavy atom. The van der Waals surface area contributed by atoms with Crippen LogP contribution < -0.4 is 4.90 Å². The summed E-state index contributed by atoms with van der Waals surface area (Å²) in [5, 5.41) is 9.04. The van der Waals surface area contributed by atoms with E-state index < -0.39 is 17.7 Å². The summed E-state index contributed by atoms with van der Waals surface area (Å²) in [5.41, 5.74) is 1.54. The molecule has 0 aliphatic carbocycles. The molecule has 2 aromatic rings. The van der Waals surface area contributed by atoms with Crippen molar-refractivity contribution in [3.63, 3.8) is 0 Å². The van der Waals surface area contributed by atoms with Gasteiger partial charge in [-0.25, -0.2) is 9.18 Å². The highest BCUT2D eigenvalue weighted by molar-refractivity contribution is 6.08. The van der Waals surface area contributed by atoms with Crippen molar-refractivity contribution < 1.29 is 19.1 Å². The fraction of sp³-hybridized carbons (Fsp3) is 0.125. The number of anilines is 1. The number of carbonyl (C=O) groups excluding carboxylic acids is 1. The van der Waals surface area contributed by atoms with Crippen LogP contribution in [0.5, 0.6) is 0 Å². The van der Waals surface area contributed by atoms with Crippen molar-refractivity contribution in [2.75, 3.05) is 11.4 Å². The predicted octanol–water partition coefficient (Wildman–Crippen LogP) is 2.73. The molecule has 1 amide bonds. The van der Waals surface area contributed by atoms with E-state index in [2.05, 4.69) is 0 Å². The first-order valence-corrected chi connectivity index (χ1v) is 6.50. The van der Waals surface area contributed by atoms with Gasteiger partial charge in [-0.05, 0) is 36.2 Å². The molecule has 21 heavy (non-hydrogen) atoms. The molecule has 1 aliphatic rings. The van der Waals surface area contributed by atoms with Crippen LogP contribution in [0.15, 0.2) is 42.5 Å². The van der Waals surface area contributed by atoms with Crippen molar-refractivity contribution >= 4 is 17.6 Å². The summed E-state index contributed by atoms with van der Waals surface area (Å²) < 4.78 is 13.7. The van der Waals surface area contributed by atoms with E-state index in [1.54, 1.807) is 12.1 Å². The lowest BCUT2D eigenvalue weighted by Gasteiger charge is -2.18. The van der Waals surface area contributed by atoms with Gasteiger partial charge in [-0.3, -0.25) is 4.79 Å². The van der Waals surface area contributed by atoms with Crippen LogP contribution in [0.3, 0.4) is 0 Å². The number of carbonyl (C=O) groups is 2. The normalized spacial score (nSPS) is 13.1. The monoisotopic (exact) mass is 285 g/mol. The van der Waals surface area contributed by atoms with Crippen molar-refractivity contribution in [2.45, 2.75) is 6.42 Å². The molecular weight excluding hydrogens is 273 g/mol. The van der Waals surface area contributed by atoms with E-state index in [1.165, 1.54) is 35.2 Å². The Morgan fingerprint density at radius 2 is 1.90 bits per heavy atom. The van der Waals surface area contributed by atoms with Crippen LogP contribution in [0.2, 0.25) is 0 Å². The molecule has 2 aromatic carbocycles. The number of carboxylic acid groups (broad SMARTS) is 1. The maximum atomic E-state index is 13.7. The number of hydrogen-bond acceptors (Lipinski definition) is 2. The van der Waals surface area contributed by atoms with Crippen LogP contribution >= 0.6 is 0 Å². The number of fused-ring (bicyclic) bond motifs is 1. The third-order valence-electron chi connectivity index (χ3n) is 3.58. The zero-order valence-electron chi connectivity index (χ0n) is 11.0. The van der Waals surface area contributed by atoms with Gasteiger partial charge in [0.1, 0.15) is 5.82 Å². The van der Waals surface area contributed by atoms with Gasteiger partial charge in [0.15, 0.2) is 0 Å². The van der Waals surface area contributed by atoms with Crippen molar-refractivity contribution in [1.29, 1.82) is 0 Å². The predicted molar refractivity (Wildman–Crippen MR) is 75.2 cm³/mol. The van der Waals surface area contributed by atoms with Crippen LogP contribution in [-0.2, 0) is 6.42 Å². The molecule has 0 unspecified atom stereocenters. The summed E-state index contributed by atoms with van der Waals surface area (Å²) in [5.74, 6) is -2.08. The minimum Gasteiger partial charge on any atom is -0.478 e. The Hall–Kier alpha value is -2.69. The van der Waals surface area contributed by atoms with Gasteiger partial charge in [0.2, 0.25) is 0 Å². The zero-order valence-corrected chi connectivity index (χ0v) is 11.0. The molecule has 1 aliphatic heterocycles. The fourth-order valence-electron chi connectivity index (χ4n) is 2.50. The lowest BCUT2D eigenvalue weighted by molar-refractivity contribution is 0.0696. The number of aromatic carboxylic acids is 1. The quantitative estimate of drug-likeness (QED) is 0.923.